The van der Waals surface area contributed by atoms with Gasteiger partial charge in [0, 0.05) is 12.3 Å². The summed E-state index contributed by atoms with van der Waals surface area (Å²) >= 11 is 0. The lowest BCUT2D eigenvalue weighted by atomic mass is 10.2. The molecule has 1 amide bonds. The number of nitrogens with zero attached hydrogens (tertiary/aromatic N) is 1. The summed E-state index contributed by atoms with van der Waals surface area (Å²) in [5.74, 6) is 0.297. The van der Waals surface area contributed by atoms with Gasteiger partial charge in [0.15, 0.2) is 0 Å². The van der Waals surface area contributed by atoms with Gasteiger partial charge >= 0.3 is 5.69 Å². The van der Waals surface area contributed by atoms with E-state index in [4.69, 9.17) is 9.47 Å². The molecule has 2 aromatic carbocycles. The third kappa shape index (κ3) is 3.80. The van der Waals surface area contributed by atoms with E-state index in [-0.39, 0.29) is 11.3 Å². The van der Waals surface area contributed by atoms with Crippen LogP contribution in [0.15, 0.2) is 64.3 Å². The molecule has 0 atom stereocenters. The molecule has 1 aromatic heterocycles. The van der Waals surface area contributed by atoms with E-state index in [2.05, 4.69) is 10.3 Å². The molecular formula is C20H19N3O5. The Morgan fingerprint density at radius 2 is 1.93 bits per heavy atom. The lowest BCUT2D eigenvalue weighted by Gasteiger charge is -2.12. The molecule has 3 rings (SSSR count). The molecule has 28 heavy (non-hydrogen) atoms. The summed E-state index contributed by atoms with van der Waals surface area (Å²) in [5.41, 5.74) is -0.913. The highest BCUT2D eigenvalue weighted by molar-refractivity contribution is 6.04. The second kappa shape index (κ2) is 8.26. The molecule has 0 radical (unpaired) electrons. The lowest BCUT2D eigenvalue weighted by molar-refractivity contribution is 0.102. The number of ether oxygens (including phenoxy) is 2. The minimum Gasteiger partial charge on any atom is -0.497 e. The normalized spacial score (nSPS) is 10.4. The summed E-state index contributed by atoms with van der Waals surface area (Å²) in [6.07, 6.45) is 1.10. The van der Waals surface area contributed by atoms with Crippen molar-refractivity contribution in [2.75, 3.05) is 19.0 Å². The Balaban J connectivity index is 2.01. The van der Waals surface area contributed by atoms with Crippen molar-refractivity contribution in [3.8, 4) is 17.2 Å². The average Bonchev–Trinajstić information content (AvgIpc) is 2.70. The first-order valence-corrected chi connectivity index (χ1v) is 8.57. The first-order valence-electron chi connectivity index (χ1n) is 8.57. The molecule has 0 aliphatic heterocycles. The quantitative estimate of drug-likeness (QED) is 0.681. The van der Waals surface area contributed by atoms with Crippen LogP contribution in [0.1, 0.15) is 17.3 Å². The van der Waals surface area contributed by atoms with E-state index in [1.165, 1.54) is 13.2 Å². The van der Waals surface area contributed by atoms with Gasteiger partial charge in [-0.25, -0.2) is 9.36 Å². The zero-order valence-corrected chi connectivity index (χ0v) is 15.4. The zero-order valence-electron chi connectivity index (χ0n) is 15.4. The fourth-order valence-electron chi connectivity index (χ4n) is 2.66. The second-order valence-electron chi connectivity index (χ2n) is 5.73. The number of carbonyl (C=O) groups is 1. The molecule has 0 unspecified atom stereocenters. The summed E-state index contributed by atoms with van der Waals surface area (Å²) in [7, 11) is 1.48. The van der Waals surface area contributed by atoms with Gasteiger partial charge in [-0.05, 0) is 31.2 Å². The van der Waals surface area contributed by atoms with E-state index in [1.54, 1.807) is 42.5 Å². The molecule has 0 aliphatic rings. The largest absolute Gasteiger partial charge is 0.497 e. The molecule has 1 heterocycles. The highest BCUT2D eigenvalue weighted by Gasteiger charge is 2.17. The van der Waals surface area contributed by atoms with Gasteiger partial charge in [0.1, 0.15) is 17.1 Å². The van der Waals surface area contributed by atoms with Crippen molar-refractivity contribution in [1.82, 2.24) is 9.55 Å². The number of methoxy groups -OCH3 is 1. The highest BCUT2D eigenvalue weighted by Crippen LogP contribution is 2.24. The van der Waals surface area contributed by atoms with Crippen LogP contribution in [0.5, 0.6) is 11.5 Å². The fraction of sp³-hybridized carbons (Fsp3) is 0.150. The number of anilines is 1. The maximum Gasteiger partial charge on any atom is 0.333 e. The monoisotopic (exact) mass is 381 g/mol. The molecule has 8 heteroatoms. The van der Waals surface area contributed by atoms with Crippen LogP contribution < -0.4 is 26.0 Å². The van der Waals surface area contributed by atoms with E-state index >= 15 is 0 Å². The maximum atomic E-state index is 12.8. The van der Waals surface area contributed by atoms with Crippen LogP contribution >= 0.6 is 0 Å². The van der Waals surface area contributed by atoms with Crippen LogP contribution in [0.2, 0.25) is 0 Å². The molecule has 144 valence electrons. The lowest BCUT2D eigenvalue weighted by Crippen LogP contribution is -2.38. The van der Waals surface area contributed by atoms with E-state index < -0.39 is 17.2 Å². The number of hydrogen-bond acceptors (Lipinski definition) is 5. The number of amides is 1. The smallest absolute Gasteiger partial charge is 0.333 e. The number of benzene rings is 2. The van der Waals surface area contributed by atoms with Gasteiger partial charge in [0.05, 0.1) is 25.1 Å². The van der Waals surface area contributed by atoms with Crippen LogP contribution in [0, 0.1) is 0 Å². The van der Waals surface area contributed by atoms with Gasteiger partial charge in [0.2, 0.25) is 0 Å². The molecule has 0 saturated carbocycles. The molecule has 8 nitrogen and oxygen atoms in total. The first-order chi connectivity index (χ1) is 13.5. The maximum absolute atomic E-state index is 12.8. The van der Waals surface area contributed by atoms with Crippen molar-refractivity contribution < 1.29 is 14.3 Å². The minimum atomic E-state index is -0.747. The van der Waals surface area contributed by atoms with Crippen molar-refractivity contribution >= 4 is 11.6 Å². The van der Waals surface area contributed by atoms with Crippen LogP contribution in [-0.4, -0.2) is 29.2 Å². The van der Waals surface area contributed by atoms with Crippen LogP contribution in [0.25, 0.3) is 5.69 Å². The Morgan fingerprint density at radius 3 is 2.68 bits per heavy atom. The van der Waals surface area contributed by atoms with Crippen molar-refractivity contribution in [2.45, 2.75) is 6.92 Å². The summed E-state index contributed by atoms with van der Waals surface area (Å²) in [4.78, 5) is 40.2. The van der Waals surface area contributed by atoms with Crippen LogP contribution in [-0.2, 0) is 0 Å². The van der Waals surface area contributed by atoms with Crippen molar-refractivity contribution in [2.24, 2.45) is 0 Å². The summed E-state index contributed by atoms with van der Waals surface area (Å²) in [6, 6.07) is 13.3. The molecule has 3 aromatic rings. The number of aromatic nitrogens is 2. The molecule has 0 bridgehead atoms. The van der Waals surface area contributed by atoms with Crippen molar-refractivity contribution in [3.05, 3.63) is 81.1 Å². The van der Waals surface area contributed by atoms with E-state index in [0.717, 1.165) is 10.8 Å². The van der Waals surface area contributed by atoms with E-state index in [9.17, 15) is 14.4 Å². The Labute approximate surface area is 160 Å². The number of carbonyl (C=O) groups excluding carboxylic acids is 1. The predicted molar refractivity (Wildman–Crippen MR) is 105 cm³/mol. The number of para-hydroxylation sites is 2. The Kier molecular flexibility index (Phi) is 5.59. The molecular weight excluding hydrogens is 362 g/mol. The molecule has 0 aliphatic carbocycles. The van der Waals surface area contributed by atoms with Crippen molar-refractivity contribution in [3.63, 3.8) is 0 Å². The predicted octanol–water partition coefficient (Wildman–Crippen LogP) is 2.19. The zero-order chi connectivity index (χ0) is 20.1. The second-order valence-corrected chi connectivity index (χ2v) is 5.73. The standard InChI is InChI=1S/C20H19N3O5/c1-3-28-17-10-5-4-9-16(17)22-18(24)15-12-21-20(26)23(19(15)25)13-7-6-8-14(11-13)27-2/h4-12H,3H2,1-2H3,(H,21,26)(H,22,24). The van der Waals surface area contributed by atoms with Crippen LogP contribution in [0.4, 0.5) is 5.69 Å². The summed E-state index contributed by atoms with van der Waals surface area (Å²) in [5, 5.41) is 2.65. The summed E-state index contributed by atoms with van der Waals surface area (Å²) < 4.78 is 11.5. The topological polar surface area (TPSA) is 102 Å². The molecule has 0 spiro atoms. The molecule has 0 saturated heterocycles. The Hall–Kier alpha value is -3.81. The summed E-state index contributed by atoms with van der Waals surface area (Å²) in [6.45, 7) is 2.25. The number of hydrogen-bond donors (Lipinski definition) is 2. The first kappa shape index (κ1) is 19.0. The Morgan fingerprint density at radius 1 is 1.14 bits per heavy atom. The number of aromatic amines is 1. The molecule has 2 N–H and O–H groups in total. The number of rotatable bonds is 6. The third-order valence-electron chi connectivity index (χ3n) is 3.97. The van der Waals surface area contributed by atoms with Gasteiger partial charge < -0.3 is 19.8 Å². The van der Waals surface area contributed by atoms with E-state index in [1.807, 2.05) is 6.92 Å². The third-order valence-corrected chi connectivity index (χ3v) is 3.97. The van der Waals surface area contributed by atoms with Gasteiger partial charge in [-0.2, -0.15) is 0 Å². The van der Waals surface area contributed by atoms with Gasteiger partial charge in [-0.15, -0.1) is 0 Å². The number of H-pyrrole nitrogens is 1. The van der Waals surface area contributed by atoms with Crippen LogP contribution in [0.3, 0.4) is 0 Å². The van der Waals surface area contributed by atoms with E-state index in [0.29, 0.717) is 23.8 Å². The van der Waals surface area contributed by atoms with Gasteiger partial charge in [-0.3, -0.25) is 9.59 Å². The average molecular weight is 381 g/mol. The minimum absolute atomic E-state index is 0.214. The number of nitrogens with one attached hydrogen (secondary N) is 2. The highest BCUT2D eigenvalue weighted by atomic mass is 16.5. The fourth-order valence-corrected chi connectivity index (χ4v) is 2.66. The SMILES string of the molecule is CCOc1ccccc1NC(=O)c1c[nH]c(=O)n(-c2cccc(OC)c2)c1=O. The Bertz CT molecular complexity index is 1120. The van der Waals surface area contributed by atoms with Crippen molar-refractivity contribution in [1.29, 1.82) is 0 Å². The van der Waals surface area contributed by atoms with Gasteiger partial charge in [0.25, 0.3) is 11.5 Å². The molecule has 0 fully saturated rings. The van der Waals surface area contributed by atoms with Gasteiger partial charge in [-0.1, -0.05) is 18.2 Å².